The summed E-state index contributed by atoms with van der Waals surface area (Å²) in [5.41, 5.74) is 0.963. The lowest BCUT2D eigenvalue weighted by atomic mass is 9.74. The highest BCUT2D eigenvalue weighted by atomic mass is 32.2. The van der Waals surface area contributed by atoms with Gasteiger partial charge in [0.15, 0.2) is 0 Å². The van der Waals surface area contributed by atoms with E-state index in [0.29, 0.717) is 12.2 Å². The molecule has 0 radical (unpaired) electrons. The van der Waals surface area contributed by atoms with E-state index >= 15 is 0 Å². The molecule has 0 atom stereocenters. The summed E-state index contributed by atoms with van der Waals surface area (Å²) in [4.78, 5) is 2.51. The molecule has 4 nitrogen and oxygen atoms in total. The van der Waals surface area contributed by atoms with Crippen LogP contribution in [0.1, 0.15) is 31.2 Å². The molecule has 1 aliphatic carbocycles. The Bertz CT molecular complexity index is 1030. The van der Waals surface area contributed by atoms with Crippen molar-refractivity contribution in [3.05, 3.63) is 59.7 Å². The summed E-state index contributed by atoms with van der Waals surface area (Å²) in [6.45, 7) is 3.22. The number of nitrogens with zero attached hydrogens (tertiary/aromatic N) is 2. The highest BCUT2D eigenvalue weighted by molar-refractivity contribution is 7.92. The fourth-order valence-corrected chi connectivity index (χ4v) is 6.37. The summed E-state index contributed by atoms with van der Waals surface area (Å²) in [6, 6.07) is 9.27. The smallest absolute Gasteiger partial charge is 0.264 e. The van der Waals surface area contributed by atoms with Gasteiger partial charge >= 0.3 is 0 Å². The average molecular weight is 419 g/mol. The molecular formula is C22H24F2N2O2S. The first-order valence-electron chi connectivity index (χ1n) is 10.2. The van der Waals surface area contributed by atoms with Crippen molar-refractivity contribution in [2.75, 3.05) is 30.5 Å². The van der Waals surface area contributed by atoms with Crippen LogP contribution in [0, 0.1) is 17.6 Å². The summed E-state index contributed by atoms with van der Waals surface area (Å²) in [6.07, 6.45) is 4.23. The van der Waals surface area contributed by atoms with E-state index in [0.717, 1.165) is 56.1 Å². The number of sulfonamides is 1. The molecule has 0 bridgehead atoms. The lowest BCUT2D eigenvalue weighted by molar-refractivity contribution is 0.162. The van der Waals surface area contributed by atoms with E-state index in [9.17, 15) is 17.2 Å². The molecule has 2 aromatic carbocycles. The summed E-state index contributed by atoms with van der Waals surface area (Å²) in [5.74, 6) is -0.00961. The zero-order valence-electron chi connectivity index (χ0n) is 16.2. The van der Waals surface area contributed by atoms with Crippen LogP contribution in [0.25, 0.3) is 0 Å². The van der Waals surface area contributed by atoms with Gasteiger partial charge in [-0.1, -0.05) is 0 Å². The Morgan fingerprint density at radius 2 is 1.62 bits per heavy atom. The van der Waals surface area contributed by atoms with Gasteiger partial charge in [0.25, 0.3) is 10.0 Å². The maximum Gasteiger partial charge on any atom is 0.264 e. The number of halogens is 2. The molecule has 2 aromatic rings. The van der Waals surface area contributed by atoms with Crippen LogP contribution >= 0.6 is 0 Å². The zero-order valence-corrected chi connectivity index (χ0v) is 17.0. The molecule has 29 heavy (non-hydrogen) atoms. The largest absolute Gasteiger partial charge is 0.303 e. The normalized spacial score (nSPS) is 21.5. The van der Waals surface area contributed by atoms with Crippen molar-refractivity contribution in [1.29, 1.82) is 0 Å². The summed E-state index contributed by atoms with van der Waals surface area (Å²) in [5, 5.41) is 0. The highest BCUT2D eigenvalue weighted by Crippen LogP contribution is 2.49. The minimum absolute atomic E-state index is 0.0531. The second kappa shape index (κ2) is 6.77. The van der Waals surface area contributed by atoms with E-state index in [1.807, 2.05) is 0 Å². The number of likely N-dealkylation sites (tertiary alicyclic amines) is 1. The first kappa shape index (κ1) is 19.0. The molecule has 1 saturated carbocycles. The van der Waals surface area contributed by atoms with Gasteiger partial charge in [-0.2, -0.15) is 0 Å². The van der Waals surface area contributed by atoms with E-state index < -0.39 is 15.8 Å². The number of hydrogen-bond acceptors (Lipinski definition) is 3. The molecule has 0 unspecified atom stereocenters. The van der Waals surface area contributed by atoms with Crippen LogP contribution in [0.4, 0.5) is 14.5 Å². The van der Waals surface area contributed by atoms with Crippen molar-refractivity contribution >= 4 is 15.7 Å². The highest BCUT2D eigenvalue weighted by Gasteiger charge is 2.48. The molecule has 154 valence electrons. The van der Waals surface area contributed by atoms with E-state index in [-0.39, 0.29) is 16.1 Å². The van der Waals surface area contributed by atoms with E-state index in [2.05, 4.69) is 4.90 Å². The first-order chi connectivity index (χ1) is 13.9. The SMILES string of the molecule is O=S(=O)(c1ccc(F)cc1)N1CC2(CCN(CC3CC3)CC2)c2cc(F)ccc21. The number of piperidine rings is 1. The van der Waals surface area contributed by atoms with Crippen LogP contribution in [-0.4, -0.2) is 39.5 Å². The van der Waals surface area contributed by atoms with Gasteiger partial charge in [0.05, 0.1) is 10.6 Å². The van der Waals surface area contributed by atoms with Gasteiger partial charge in [0, 0.05) is 18.5 Å². The van der Waals surface area contributed by atoms with Crippen LogP contribution < -0.4 is 4.31 Å². The van der Waals surface area contributed by atoms with Gasteiger partial charge in [0.1, 0.15) is 11.6 Å². The summed E-state index contributed by atoms with van der Waals surface area (Å²) < 4.78 is 55.5. The predicted molar refractivity (Wildman–Crippen MR) is 107 cm³/mol. The maximum absolute atomic E-state index is 14.1. The Morgan fingerprint density at radius 3 is 2.28 bits per heavy atom. The predicted octanol–water partition coefficient (Wildman–Crippen LogP) is 3.92. The molecule has 0 amide bonds. The van der Waals surface area contributed by atoms with Gasteiger partial charge in [-0.15, -0.1) is 0 Å². The summed E-state index contributed by atoms with van der Waals surface area (Å²) in [7, 11) is -3.85. The van der Waals surface area contributed by atoms with Gasteiger partial charge in [0.2, 0.25) is 0 Å². The molecule has 3 aliphatic rings. The fourth-order valence-electron chi connectivity index (χ4n) is 4.80. The number of benzene rings is 2. The third-order valence-corrected chi connectivity index (χ3v) is 8.45. The number of fused-ring (bicyclic) bond motifs is 2. The second-order valence-electron chi connectivity index (χ2n) is 8.65. The van der Waals surface area contributed by atoms with Crippen molar-refractivity contribution in [1.82, 2.24) is 4.90 Å². The van der Waals surface area contributed by atoms with Gasteiger partial charge in [-0.3, -0.25) is 4.31 Å². The van der Waals surface area contributed by atoms with Crippen LogP contribution in [0.5, 0.6) is 0 Å². The number of hydrogen-bond donors (Lipinski definition) is 0. The molecule has 1 spiro atoms. The van der Waals surface area contributed by atoms with Gasteiger partial charge in [-0.25, -0.2) is 17.2 Å². The van der Waals surface area contributed by atoms with Crippen molar-refractivity contribution in [2.24, 2.45) is 5.92 Å². The van der Waals surface area contributed by atoms with Crippen molar-refractivity contribution in [3.63, 3.8) is 0 Å². The second-order valence-corrected chi connectivity index (χ2v) is 10.5. The Balaban J connectivity index is 1.49. The maximum atomic E-state index is 14.1. The Kier molecular flexibility index (Phi) is 4.44. The Labute approximate surface area is 170 Å². The molecule has 2 fully saturated rings. The van der Waals surface area contributed by atoms with Crippen LogP contribution in [-0.2, 0) is 15.4 Å². The lowest BCUT2D eigenvalue weighted by Gasteiger charge is -2.40. The molecular weight excluding hydrogens is 394 g/mol. The summed E-state index contributed by atoms with van der Waals surface area (Å²) >= 11 is 0. The third-order valence-electron chi connectivity index (χ3n) is 6.67. The molecule has 0 N–H and O–H groups in total. The minimum atomic E-state index is -3.85. The lowest BCUT2D eigenvalue weighted by Crippen LogP contribution is -2.46. The molecule has 2 aliphatic heterocycles. The molecule has 2 heterocycles. The molecule has 1 saturated heterocycles. The van der Waals surface area contributed by atoms with E-state index in [4.69, 9.17) is 0 Å². The number of anilines is 1. The monoisotopic (exact) mass is 418 g/mol. The zero-order chi connectivity index (χ0) is 20.2. The van der Waals surface area contributed by atoms with Crippen molar-refractivity contribution < 1.29 is 17.2 Å². The standard InChI is InChI=1S/C22H24F2N2O2S/c23-17-3-6-19(7-4-17)29(27,28)26-15-22(20-13-18(24)5-8-21(20)26)9-11-25(12-10-22)14-16-1-2-16/h3-8,13,16H,1-2,9-12,14-15H2. The third kappa shape index (κ3) is 3.34. The molecule has 0 aromatic heterocycles. The van der Waals surface area contributed by atoms with Gasteiger partial charge < -0.3 is 4.90 Å². The Morgan fingerprint density at radius 1 is 0.966 bits per heavy atom. The van der Waals surface area contributed by atoms with Gasteiger partial charge in [-0.05, 0) is 92.7 Å². The van der Waals surface area contributed by atoms with Crippen LogP contribution in [0.2, 0.25) is 0 Å². The molecule has 7 heteroatoms. The first-order valence-corrected chi connectivity index (χ1v) is 11.6. The van der Waals surface area contributed by atoms with Crippen molar-refractivity contribution in [2.45, 2.75) is 36.0 Å². The Hall–Kier alpha value is -1.99. The topological polar surface area (TPSA) is 40.6 Å². The van der Waals surface area contributed by atoms with E-state index in [1.165, 1.54) is 41.4 Å². The molecule has 5 rings (SSSR count). The number of rotatable bonds is 4. The minimum Gasteiger partial charge on any atom is -0.303 e. The fraction of sp³-hybridized carbons (Fsp3) is 0.455. The van der Waals surface area contributed by atoms with Crippen LogP contribution in [0.15, 0.2) is 47.4 Å². The van der Waals surface area contributed by atoms with Crippen molar-refractivity contribution in [3.8, 4) is 0 Å². The average Bonchev–Trinajstić information content (AvgIpc) is 3.47. The van der Waals surface area contributed by atoms with Crippen LogP contribution in [0.3, 0.4) is 0 Å². The van der Waals surface area contributed by atoms with E-state index in [1.54, 1.807) is 6.07 Å². The quantitative estimate of drug-likeness (QED) is 0.756.